The summed E-state index contributed by atoms with van der Waals surface area (Å²) in [5.74, 6) is -0.705. The maximum Gasteiger partial charge on any atom is 0.330 e. The Morgan fingerprint density at radius 2 is 1.06 bits per heavy atom. The Bertz CT molecular complexity index is 475. The first-order valence-corrected chi connectivity index (χ1v) is 12.0. The van der Waals surface area contributed by atoms with E-state index in [2.05, 4.69) is 13.2 Å². The van der Waals surface area contributed by atoms with Crippen LogP contribution in [0.5, 0.6) is 0 Å². The maximum absolute atomic E-state index is 11.6. The number of esters is 2. The van der Waals surface area contributed by atoms with Gasteiger partial charge in [-0.05, 0) is 44.9 Å². The topological polar surface area (TPSA) is 93.1 Å². The third-order valence-corrected chi connectivity index (χ3v) is 5.27. The molecule has 0 aromatic carbocycles. The molecule has 0 spiro atoms. The molecule has 0 radical (unpaired) electrons. The van der Waals surface area contributed by atoms with Crippen molar-refractivity contribution in [1.82, 2.24) is 0 Å². The Morgan fingerprint density at radius 3 is 1.52 bits per heavy atom. The first-order valence-electron chi connectivity index (χ1n) is 12.0. The predicted molar refractivity (Wildman–Crippen MR) is 123 cm³/mol. The average Bonchev–Trinajstić information content (AvgIpc) is 2.75. The third kappa shape index (κ3) is 21.4. The summed E-state index contributed by atoms with van der Waals surface area (Å²) in [5, 5.41) is 17.6. The number of carbonyl (C=O) groups is 2. The molecule has 0 aliphatic rings. The van der Waals surface area contributed by atoms with Gasteiger partial charge >= 0.3 is 11.9 Å². The first kappa shape index (κ1) is 29.3. The Hall–Kier alpha value is -1.66. The van der Waals surface area contributed by atoms with Crippen LogP contribution in [0.1, 0.15) is 103 Å². The number of aliphatic hydroxyl groups is 2. The van der Waals surface area contributed by atoms with Gasteiger partial charge in [-0.25, -0.2) is 9.59 Å². The first-order chi connectivity index (χ1) is 15.0. The third-order valence-electron chi connectivity index (χ3n) is 5.27. The van der Waals surface area contributed by atoms with Gasteiger partial charge in [0.2, 0.25) is 0 Å². The highest BCUT2D eigenvalue weighted by Gasteiger charge is 2.12. The lowest BCUT2D eigenvalue weighted by Crippen LogP contribution is -2.16. The van der Waals surface area contributed by atoms with Crippen LogP contribution < -0.4 is 0 Å². The highest BCUT2D eigenvalue weighted by molar-refractivity contribution is 5.81. The van der Waals surface area contributed by atoms with Crippen molar-refractivity contribution in [1.29, 1.82) is 0 Å². The molecule has 1 unspecified atom stereocenters. The van der Waals surface area contributed by atoms with Crippen molar-refractivity contribution in [2.24, 2.45) is 0 Å². The molecule has 0 aromatic rings. The van der Waals surface area contributed by atoms with Crippen LogP contribution in [-0.2, 0) is 19.1 Å². The van der Waals surface area contributed by atoms with Crippen molar-refractivity contribution < 1.29 is 29.3 Å². The monoisotopic (exact) mass is 440 g/mol. The van der Waals surface area contributed by atoms with Gasteiger partial charge in [-0.1, -0.05) is 70.9 Å². The van der Waals surface area contributed by atoms with Gasteiger partial charge < -0.3 is 19.7 Å². The molecule has 0 saturated heterocycles. The zero-order valence-electron chi connectivity index (χ0n) is 19.3. The molecule has 180 valence electrons. The van der Waals surface area contributed by atoms with Crippen molar-refractivity contribution in [3.05, 3.63) is 25.3 Å². The minimum Gasteiger partial charge on any atom is -0.463 e. The molecular weight excluding hydrogens is 396 g/mol. The van der Waals surface area contributed by atoms with Gasteiger partial charge in [-0.3, -0.25) is 0 Å². The van der Waals surface area contributed by atoms with Crippen molar-refractivity contribution in [2.75, 3.05) is 6.61 Å². The van der Waals surface area contributed by atoms with Gasteiger partial charge in [0.25, 0.3) is 0 Å². The van der Waals surface area contributed by atoms with E-state index >= 15 is 0 Å². The molecule has 0 aliphatic carbocycles. The summed E-state index contributed by atoms with van der Waals surface area (Å²) in [7, 11) is 0. The maximum atomic E-state index is 11.6. The standard InChI is InChI=1S/C25H44O6/c1-3-24(28)30-21-17-13-9-8-11-15-19-22(31-25(29)4-2)18-14-10-6-5-7-12-16-20-23(26)27/h3-4,22-23,26-27H,1-2,5-21H2. The van der Waals surface area contributed by atoms with E-state index in [1.807, 2.05) is 0 Å². The number of hydrogen-bond donors (Lipinski definition) is 2. The van der Waals surface area contributed by atoms with Gasteiger partial charge in [0.15, 0.2) is 6.29 Å². The zero-order valence-corrected chi connectivity index (χ0v) is 19.3. The fraction of sp³-hybridized carbons (Fsp3) is 0.760. The van der Waals surface area contributed by atoms with E-state index < -0.39 is 6.29 Å². The molecule has 0 aliphatic heterocycles. The van der Waals surface area contributed by atoms with Gasteiger partial charge in [0.05, 0.1) is 6.61 Å². The fourth-order valence-corrected chi connectivity index (χ4v) is 3.47. The van der Waals surface area contributed by atoms with Crippen molar-refractivity contribution in [2.45, 2.75) is 115 Å². The molecule has 0 rings (SSSR count). The summed E-state index contributed by atoms with van der Waals surface area (Å²) < 4.78 is 10.5. The Labute approximate surface area is 188 Å². The Kier molecular flexibility index (Phi) is 20.4. The van der Waals surface area contributed by atoms with E-state index in [9.17, 15) is 9.59 Å². The molecule has 6 heteroatoms. The second-order valence-corrected chi connectivity index (χ2v) is 8.08. The lowest BCUT2D eigenvalue weighted by atomic mass is 10.0. The zero-order chi connectivity index (χ0) is 23.2. The summed E-state index contributed by atoms with van der Waals surface area (Å²) in [6.07, 6.45) is 17.3. The molecule has 0 fully saturated rings. The summed E-state index contributed by atoms with van der Waals surface area (Å²) in [6.45, 7) is 7.31. The smallest absolute Gasteiger partial charge is 0.330 e. The molecule has 0 heterocycles. The van der Waals surface area contributed by atoms with Gasteiger partial charge in [-0.15, -0.1) is 0 Å². The molecule has 31 heavy (non-hydrogen) atoms. The van der Waals surface area contributed by atoms with E-state index in [-0.39, 0.29) is 18.0 Å². The Balaban J connectivity index is 3.76. The summed E-state index contributed by atoms with van der Waals surface area (Å²) in [4.78, 5) is 22.5. The van der Waals surface area contributed by atoms with E-state index in [0.29, 0.717) is 13.0 Å². The van der Waals surface area contributed by atoms with Crippen LogP contribution >= 0.6 is 0 Å². The molecule has 0 amide bonds. The summed E-state index contributed by atoms with van der Waals surface area (Å²) >= 11 is 0. The van der Waals surface area contributed by atoms with Crippen LogP contribution in [0.25, 0.3) is 0 Å². The molecule has 1 atom stereocenters. The van der Waals surface area contributed by atoms with Crippen LogP contribution in [0.4, 0.5) is 0 Å². The quantitative estimate of drug-likeness (QED) is 0.102. The second-order valence-electron chi connectivity index (χ2n) is 8.08. The van der Waals surface area contributed by atoms with E-state index in [1.165, 1.54) is 12.2 Å². The molecule has 6 nitrogen and oxygen atoms in total. The van der Waals surface area contributed by atoms with Gasteiger partial charge in [0, 0.05) is 12.2 Å². The van der Waals surface area contributed by atoms with Crippen LogP contribution in [0.15, 0.2) is 25.3 Å². The fourth-order valence-electron chi connectivity index (χ4n) is 3.47. The number of aliphatic hydroxyl groups excluding tert-OH is 1. The van der Waals surface area contributed by atoms with E-state index in [4.69, 9.17) is 19.7 Å². The largest absolute Gasteiger partial charge is 0.463 e. The Morgan fingerprint density at radius 1 is 0.645 bits per heavy atom. The molecule has 0 aromatic heterocycles. The minimum atomic E-state index is -1.18. The number of carbonyl (C=O) groups excluding carboxylic acids is 2. The number of rotatable bonds is 22. The molecule has 0 bridgehead atoms. The van der Waals surface area contributed by atoms with Crippen LogP contribution in [0.2, 0.25) is 0 Å². The number of unbranched alkanes of at least 4 members (excludes halogenated alkanes) is 11. The van der Waals surface area contributed by atoms with Gasteiger partial charge in [0.1, 0.15) is 6.10 Å². The lowest BCUT2D eigenvalue weighted by Gasteiger charge is -2.17. The van der Waals surface area contributed by atoms with E-state index in [0.717, 1.165) is 96.3 Å². The SMILES string of the molecule is C=CC(=O)OCCCCCCCCC(CCCCCCCCCC(O)O)OC(=O)C=C. The minimum absolute atomic E-state index is 0.0325. The lowest BCUT2D eigenvalue weighted by molar-refractivity contribution is -0.143. The molecule has 2 N–H and O–H groups in total. The normalized spacial score (nSPS) is 11.8. The van der Waals surface area contributed by atoms with E-state index in [1.54, 1.807) is 0 Å². The molecule has 0 saturated carbocycles. The number of ether oxygens (including phenoxy) is 2. The van der Waals surface area contributed by atoms with Crippen molar-refractivity contribution in [3.63, 3.8) is 0 Å². The second kappa shape index (κ2) is 21.6. The highest BCUT2D eigenvalue weighted by Crippen LogP contribution is 2.17. The predicted octanol–water partition coefficient (Wildman–Crippen LogP) is 5.37. The summed E-state index contributed by atoms with van der Waals surface area (Å²) in [6, 6.07) is 0. The van der Waals surface area contributed by atoms with Crippen molar-refractivity contribution in [3.8, 4) is 0 Å². The average molecular weight is 441 g/mol. The van der Waals surface area contributed by atoms with Gasteiger partial charge in [-0.2, -0.15) is 0 Å². The van der Waals surface area contributed by atoms with Crippen LogP contribution in [-0.4, -0.2) is 41.2 Å². The molecular formula is C25H44O6. The van der Waals surface area contributed by atoms with Crippen LogP contribution in [0.3, 0.4) is 0 Å². The van der Waals surface area contributed by atoms with Crippen molar-refractivity contribution >= 4 is 11.9 Å². The van der Waals surface area contributed by atoms with Crippen LogP contribution in [0, 0.1) is 0 Å². The number of hydrogen-bond acceptors (Lipinski definition) is 6. The highest BCUT2D eigenvalue weighted by atomic mass is 16.5. The summed E-state index contributed by atoms with van der Waals surface area (Å²) in [5.41, 5.74) is 0.